The minimum Gasteiger partial charge on any atom is -0.489 e. The number of nitrogens with zero attached hydrogens (tertiary/aromatic N) is 3. The largest absolute Gasteiger partial charge is 0.489 e. The molecule has 0 aliphatic rings. The Hall–Kier alpha value is -3.40. The summed E-state index contributed by atoms with van der Waals surface area (Å²) < 4.78 is 6.00. The molecule has 31 heavy (non-hydrogen) atoms. The van der Waals surface area contributed by atoms with Crippen molar-refractivity contribution in [1.82, 2.24) is 9.97 Å². The smallest absolute Gasteiger partial charge is 0.144 e. The van der Waals surface area contributed by atoms with Gasteiger partial charge < -0.3 is 9.64 Å². The van der Waals surface area contributed by atoms with E-state index in [1.165, 1.54) is 24.0 Å². The van der Waals surface area contributed by atoms with Gasteiger partial charge in [-0.05, 0) is 67.3 Å². The number of aryl methyl sites for hydroxylation is 2. The van der Waals surface area contributed by atoms with Gasteiger partial charge in [0.2, 0.25) is 0 Å². The fourth-order valence-corrected chi connectivity index (χ4v) is 3.67. The lowest BCUT2D eigenvalue weighted by Gasteiger charge is -2.20. The van der Waals surface area contributed by atoms with E-state index in [4.69, 9.17) is 4.74 Å². The van der Waals surface area contributed by atoms with E-state index in [9.17, 15) is 0 Å². The summed E-state index contributed by atoms with van der Waals surface area (Å²) in [5, 5.41) is 1.04. The van der Waals surface area contributed by atoms with Gasteiger partial charge in [0.05, 0.1) is 5.52 Å². The lowest BCUT2D eigenvalue weighted by atomic mass is 10.1. The maximum absolute atomic E-state index is 6.00. The molecule has 158 valence electrons. The highest BCUT2D eigenvalue weighted by Crippen LogP contribution is 2.29. The molecule has 0 aliphatic carbocycles. The number of rotatable bonds is 8. The van der Waals surface area contributed by atoms with Gasteiger partial charge in [0.15, 0.2) is 0 Å². The summed E-state index contributed by atoms with van der Waals surface area (Å²) in [5.74, 6) is 2.53. The van der Waals surface area contributed by atoms with Gasteiger partial charge in [0.1, 0.15) is 24.0 Å². The van der Waals surface area contributed by atoms with Gasteiger partial charge in [0, 0.05) is 18.1 Å². The van der Waals surface area contributed by atoms with E-state index in [1.807, 2.05) is 44.3 Å². The predicted molar refractivity (Wildman–Crippen MR) is 128 cm³/mol. The van der Waals surface area contributed by atoms with Gasteiger partial charge in [-0.1, -0.05) is 49.7 Å². The number of fused-ring (bicyclic) bond motifs is 1. The lowest BCUT2D eigenvalue weighted by molar-refractivity contribution is 0.306. The van der Waals surface area contributed by atoms with E-state index >= 15 is 0 Å². The summed E-state index contributed by atoms with van der Waals surface area (Å²) in [6.07, 6.45) is 3.61. The van der Waals surface area contributed by atoms with Crippen molar-refractivity contribution in [3.63, 3.8) is 0 Å². The second-order valence-corrected chi connectivity index (χ2v) is 7.87. The van der Waals surface area contributed by atoms with Crippen molar-refractivity contribution in [2.24, 2.45) is 0 Å². The van der Waals surface area contributed by atoms with E-state index in [1.54, 1.807) is 0 Å². The molecule has 4 rings (SSSR count). The third-order valence-electron chi connectivity index (χ3n) is 5.48. The highest BCUT2D eigenvalue weighted by molar-refractivity contribution is 5.91. The first-order chi connectivity index (χ1) is 15.1. The highest BCUT2D eigenvalue weighted by atomic mass is 16.5. The molecular formula is C27H29N3O. The Morgan fingerprint density at radius 2 is 1.55 bits per heavy atom. The first kappa shape index (κ1) is 20.9. The molecule has 0 fully saturated rings. The van der Waals surface area contributed by atoms with Crippen LogP contribution in [0.25, 0.3) is 10.9 Å². The molecule has 0 atom stereocenters. The van der Waals surface area contributed by atoms with Crippen LogP contribution in [0.1, 0.15) is 36.7 Å². The fraction of sp³-hybridized carbons (Fsp3) is 0.259. The van der Waals surface area contributed by atoms with Crippen molar-refractivity contribution in [2.75, 3.05) is 11.9 Å². The zero-order chi connectivity index (χ0) is 21.6. The standard InChI is InChI=1S/C27H29N3O/c1-4-5-8-21-11-13-22(14-12-21)19-31-24-17-15-23(16-18-24)30(3)27-25-9-6-7-10-26(25)28-20(2)29-27/h6-7,9-18H,4-5,8,19H2,1-3H3. The Morgan fingerprint density at radius 1 is 0.839 bits per heavy atom. The van der Waals surface area contributed by atoms with E-state index in [0.29, 0.717) is 6.61 Å². The monoisotopic (exact) mass is 411 g/mol. The van der Waals surface area contributed by atoms with Crippen LogP contribution in [0.3, 0.4) is 0 Å². The predicted octanol–water partition coefficient (Wildman–Crippen LogP) is 6.63. The van der Waals surface area contributed by atoms with Gasteiger partial charge in [-0.25, -0.2) is 9.97 Å². The van der Waals surface area contributed by atoms with Crippen LogP contribution in [0.15, 0.2) is 72.8 Å². The van der Waals surface area contributed by atoms with Crippen LogP contribution in [-0.2, 0) is 13.0 Å². The molecule has 0 N–H and O–H groups in total. The van der Waals surface area contributed by atoms with Crippen molar-refractivity contribution < 1.29 is 4.74 Å². The number of anilines is 2. The zero-order valence-corrected chi connectivity index (χ0v) is 18.5. The van der Waals surface area contributed by atoms with Crippen LogP contribution < -0.4 is 9.64 Å². The Labute approximate surface area is 184 Å². The van der Waals surface area contributed by atoms with Gasteiger partial charge in [0.25, 0.3) is 0 Å². The minimum absolute atomic E-state index is 0.568. The molecule has 0 spiro atoms. The van der Waals surface area contributed by atoms with Crippen molar-refractivity contribution >= 4 is 22.4 Å². The van der Waals surface area contributed by atoms with Gasteiger partial charge in [-0.2, -0.15) is 0 Å². The Morgan fingerprint density at radius 3 is 2.29 bits per heavy atom. The average molecular weight is 412 g/mol. The second kappa shape index (κ2) is 9.61. The van der Waals surface area contributed by atoms with Crippen LogP contribution in [0.2, 0.25) is 0 Å². The summed E-state index contributed by atoms with van der Waals surface area (Å²) in [7, 11) is 2.03. The summed E-state index contributed by atoms with van der Waals surface area (Å²) in [6, 6.07) is 25.0. The number of para-hydroxylation sites is 1. The Kier molecular flexibility index (Phi) is 6.46. The summed E-state index contributed by atoms with van der Waals surface area (Å²) in [4.78, 5) is 11.3. The van der Waals surface area contributed by atoms with Crippen LogP contribution in [0, 0.1) is 6.92 Å². The molecule has 0 amide bonds. The molecule has 0 saturated carbocycles. The van der Waals surface area contributed by atoms with E-state index in [-0.39, 0.29) is 0 Å². The van der Waals surface area contributed by atoms with Crippen LogP contribution >= 0.6 is 0 Å². The maximum Gasteiger partial charge on any atom is 0.144 e. The molecule has 1 heterocycles. The minimum atomic E-state index is 0.568. The molecule has 0 radical (unpaired) electrons. The molecule has 0 bridgehead atoms. The SMILES string of the molecule is CCCCc1ccc(COc2ccc(N(C)c3nc(C)nc4ccccc34)cc2)cc1. The van der Waals surface area contributed by atoms with Crippen LogP contribution in [0.4, 0.5) is 11.5 Å². The summed E-state index contributed by atoms with van der Waals surface area (Å²) >= 11 is 0. The van der Waals surface area contributed by atoms with Gasteiger partial charge in [-0.3, -0.25) is 0 Å². The summed E-state index contributed by atoms with van der Waals surface area (Å²) in [6.45, 7) is 4.72. The quantitative estimate of drug-likeness (QED) is 0.326. The first-order valence-corrected chi connectivity index (χ1v) is 10.9. The zero-order valence-electron chi connectivity index (χ0n) is 18.5. The van der Waals surface area contributed by atoms with E-state index in [0.717, 1.165) is 40.4 Å². The summed E-state index contributed by atoms with van der Waals surface area (Å²) in [5.41, 5.74) is 4.59. The molecule has 4 aromatic rings. The third-order valence-corrected chi connectivity index (χ3v) is 5.48. The number of hydrogen-bond donors (Lipinski definition) is 0. The van der Waals surface area contributed by atoms with Crippen LogP contribution in [0.5, 0.6) is 5.75 Å². The number of benzene rings is 3. The molecular weight excluding hydrogens is 382 g/mol. The lowest BCUT2D eigenvalue weighted by Crippen LogP contribution is -2.13. The van der Waals surface area contributed by atoms with Gasteiger partial charge >= 0.3 is 0 Å². The molecule has 0 unspecified atom stereocenters. The topological polar surface area (TPSA) is 38.2 Å². The molecule has 3 aromatic carbocycles. The van der Waals surface area contributed by atoms with Crippen LogP contribution in [-0.4, -0.2) is 17.0 Å². The van der Waals surface area contributed by atoms with Crippen molar-refractivity contribution in [3.05, 3.63) is 89.7 Å². The van der Waals surface area contributed by atoms with Gasteiger partial charge in [-0.15, -0.1) is 0 Å². The average Bonchev–Trinajstić information content (AvgIpc) is 2.81. The molecule has 1 aromatic heterocycles. The van der Waals surface area contributed by atoms with E-state index < -0.39 is 0 Å². The van der Waals surface area contributed by atoms with Crippen molar-refractivity contribution in [2.45, 2.75) is 39.7 Å². The molecule has 4 heteroatoms. The second-order valence-electron chi connectivity index (χ2n) is 7.87. The van der Waals surface area contributed by atoms with E-state index in [2.05, 4.69) is 64.3 Å². The number of hydrogen-bond acceptors (Lipinski definition) is 4. The Bertz CT molecular complexity index is 1140. The molecule has 0 saturated heterocycles. The first-order valence-electron chi connectivity index (χ1n) is 10.9. The third kappa shape index (κ3) is 5.02. The molecule has 0 aliphatic heterocycles. The molecule has 4 nitrogen and oxygen atoms in total. The highest BCUT2D eigenvalue weighted by Gasteiger charge is 2.12. The Balaban J connectivity index is 1.44. The number of ether oxygens (including phenoxy) is 1. The maximum atomic E-state index is 6.00. The number of aromatic nitrogens is 2. The normalized spacial score (nSPS) is 10.9. The number of unbranched alkanes of at least 4 members (excludes halogenated alkanes) is 1. The fourth-order valence-electron chi connectivity index (χ4n) is 3.67. The van der Waals surface area contributed by atoms with Crippen molar-refractivity contribution in [3.8, 4) is 5.75 Å². The van der Waals surface area contributed by atoms with Crippen molar-refractivity contribution in [1.29, 1.82) is 0 Å².